The van der Waals surface area contributed by atoms with E-state index in [0.29, 0.717) is 5.41 Å². The average Bonchev–Trinajstić information content (AvgIpc) is 2.65. The van der Waals surface area contributed by atoms with Crippen LogP contribution in [0, 0.1) is 17.3 Å². The van der Waals surface area contributed by atoms with Crippen LogP contribution in [0.3, 0.4) is 0 Å². The molecule has 0 aromatic carbocycles. The third-order valence-corrected chi connectivity index (χ3v) is 4.91. The van der Waals surface area contributed by atoms with Gasteiger partial charge in [-0.3, -0.25) is 0 Å². The van der Waals surface area contributed by atoms with Crippen molar-refractivity contribution in [1.82, 2.24) is 0 Å². The smallest absolute Gasteiger partial charge is 0.169 e. The number of furan rings is 1. The van der Waals surface area contributed by atoms with Gasteiger partial charge in [0.1, 0.15) is 5.76 Å². The summed E-state index contributed by atoms with van der Waals surface area (Å²) in [7, 11) is 0. The van der Waals surface area contributed by atoms with Gasteiger partial charge in [-0.05, 0) is 64.6 Å². The van der Waals surface area contributed by atoms with E-state index in [2.05, 4.69) is 22.0 Å². The lowest BCUT2D eigenvalue weighted by molar-refractivity contribution is 0.278. The standard InChI is InChI=1S/C12H14BrClO/c13-11-2-1-10(15-11)6-12(7-14)4-8-3-9(8)5-12/h1-2,8-9H,3-7H2. The Morgan fingerprint density at radius 1 is 1.40 bits per heavy atom. The van der Waals surface area contributed by atoms with Gasteiger partial charge < -0.3 is 4.42 Å². The quantitative estimate of drug-likeness (QED) is 0.759. The minimum atomic E-state index is 0.326. The van der Waals surface area contributed by atoms with Crippen LogP contribution in [0.2, 0.25) is 0 Å². The molecule has 0 aliphatic heterocycles. The van der Waals surface area contributed by atoms with Crippen molar-refractivity contribution in [2.75, 3.05) is 5.88 Å². The highest BCUT2D eigenvalue weighted by molar-refractivity contribution is 9.10. The largest absolute Gasteiger partial charge is 0.454 e. The fourth-order valence-corrected chi connectivity index (χ4v) is 3.78. The first kappa shape index (κ1) is 10.2. The molecular weight excluding hydrogens is 275 g/mol. The molecule has 2 saturated carbocycles. The molecule has 0 bridgehead atoms. The van der Waals surface area contributed by atoms with Gasteiger partial charge in [-0.1, -0.05) is 0 Å². The molecule has 2 atom stereocenters. The highest BCUT2D eigenvalue weighted by Crippen LogP contribution is 2.61. The Hall–Kier alpha value is 0.0500. The minimum absolute atomic E-state index is 0.326. The Labute approximate surface area is 103 Å². The van der Waals surface area contributed by atoms with Crippen molar-refractivity contribution in [2.45, 2.75) is 25.7 Å². The summed E-state index contributed by atoms with van der Waals surface area (Å²) in [6.07, 6.45) is 5.06. The van der Waals surface area contributed by atoms with E-state index in [9.17, 15) is 0 Å². The molecule has 3 heteroatoms. The van der Waals surface area contributed by atoms with E-state index < -0.39 is 0 Å². The highest BCUT2D eigenvalue weighted by Gasteiger charge is 2.53. The lowest BCUT2D eigenvalue weighted by Gasteiger charge is -2.27. The summed E-state index contributed by atoms with van der Waals surface area (Å²) < 4.78 is 6.40. The summed E-state index contributed by atoms with van der Waals surface area (Å²) in [5.41, 5.74) is 0.326. The van der Waals surface area contributed by atoms with E-state index in [4.69, 9.17) is 16.0 Å². The molecule has 2 unspecified atom stereocenters. The molecule has 1 aromatic heterocycles. The monoisotopic (exact) mass is 288 g/mol. The number of rotatable bonds is 3. The molecular formula is C12H14BrClO. The van der Waals surface area contributed by atoms with E-state index >= 15 is 0 Å². The summed E-state index contributed by atoms with van der Waals surface area (Å²) in [5, 5.41) is 0. The van der Waals surface area contributed by atoms with Crippen LogP contribution < -0.4 is 0 Å². The lowest BCUT2D eigenvalue weighted by atomic mass is 9.81. The predicted octanol–water partition coefficient (Wildman–Crippen LogP) is 4.24. The zero-order valence-corrected chi connectivity index (χ0v) is 10.9. The third-order valence-electron chi connectivity index (χ3n) is 3.92. The van der Waals surface area contributed by atoms with Gasteiger partial charge in [0.2, 0.25) is 0 Å². The second kappa shape index (κ2) is 3.53. The van der Waals surface area contributed by atoms with Crippen LogP contribution in [-0.4, -0.2) is 5.88 Å². The van der Waals surface area contributed by atoms with Gasteiger partial charge in [0, 0.05) is 12.3 Å². The zero-order valence-electron chi connectivity index (χ0n) is 8.51. The summed E-state index contributed by atoms with van der Waals surface area (Å²) in [6.45, 7) is 0. The molecule has 3 rings (SSSR count). The van der Waals surface area contributed by atoms with E-state index in [1.807, 2.05) is 6.07 Å². The number of alkyl halides is 1. The molecule has 0 amide bonds. The van der Waals surface area contributed by atoms with Crippen LogP contribution >= 0.6 is 27.5 Å². The minimum Gasteiger partial charge on any atom is -0.454 e. The van der Waals surface area contributed by atoms with E-state index in [1.165, 1.54) is 19.3 Å². The van der Waals surface area contributed by atoms with Crippen molar-refractivity contribution < 1.29 is 4.42 Å². The Morgan fingerprint density at radius 2 is 2.13 bits per heavy atom. The SMILES string of the molecule is ClCC1(Cc2ccc(Br)o2)CC2CC2C1. The van der Waals surface area contributed by atoms with Crippen molar-refractivity contribution in [3.63, 3.8) is 0 Å². The maximum Gasteiger partial charge on any atom is 0.169 e. The van der Waals surface area contributed by atoms with Crippen molar-refractivity contribution in [3.05, 3.63) is 22.6 Å². The fourth-order valence-electron chi connectivity index (χ4n) is 3.12. The van der Waals surface area contributed by atoms with Crippen LogP contribution in [0.5, 0.6) is 0 Å². The molecule has 2 fully saturated rings. The molecule has 1 aromatic rings. The van der Waals surface area contributed by atoms with Gasteiger partial charge in [0.15, 0.2) is 4.67 Å². The molecule has 0 spiro atoms. The van der Waals surface area contributed by atoms with Crippen LogP contribution in [0.25, 0.3) is 0 Å². The van der Waals surface area contributed by atoms with Gasteiger partial charge in [-0.25, -0.2) is 0 Å². The number of hydrogen-bond donors (Lipinski definition) is 0. The van der Waals surface area contributed by atoms with Crippen molar-refractivity contribution >= 4 is 27.5 Å². The van der Waals surface area contributed by atoms with Gasteiger partial charge >= 0.3 is 0 Å². The first-order valence-corrected chi connectivity index (χ1v) is 6.84. The summed E-state index contributed by atoms with van der Waals surface area (Å²) in [5.74, 6) is 3.80. The number of halogens is 2. The van der Waals surface area contributed by atoms with E-state index in [1.54, 1.807) is 0 Å². The Bertz CT molecular complexity index is 363. The van der Waals surface area contributed by atoms with Gasteiger partial charge in [-0.15, -0.1) is 11.6 Å². The van der Waals surface area contributed by atoms with Crippen molar-refractivity contribution in [3.8, 4) is 0 Å². The Kier molecular flexibility index (Phi) is 2.40. The molecule has 0 saturated heterocycles. The average molecular weight is 290 g/mol. The molecule has 1 heterocycles. The second-order valence-corrected chi connectivity index (χ2v) is 6.23. The fraction of sp³-hybridized carbons (Fsp3) is 0.667. The molecule has 15 heavy (non-hydrogen) atoms. The first-order valence-electron chi connectivity index (χ1n) is 5.51. The van der Waals surface area contributed by atoms with Gasteiger partial charge in [-0.2, -0.15) is 0 Å². The Balaban J connectivity index is 1.75. The summed E-state index contributed by atoms with van der Waals surface area (Å²) >= 11 is 9.50. The van der Waals surface area contributed by atoms with Crippen molar-refractivity contribution in [2.24, 2.45) is 17.3 Å². The third kappa shape index (κ3) is 1.87. The predicted molar refractivity (Wildman–Crippen MR) is 64.1 cm³/mol. The maximum absolute atomic E-state index is 6.15. The first-order chi connectivity index (χ1) is 7.21. The van der Waals surface area contributed by atoms with Crippen LogP contribution in [0.1, 0.15) is 25.0 Å². The molecule has 82 valence electrons. The zero-order chi connectivity index (χ0) is 10.5. The second-order valence-electron chi connectivity index (χ2n) is 5.18. The van der Waals surface area contributed by atoms with E-state index in [0.717, 1.165) is 34.6 Å². The van der Waals surface area contributed by atoms with Gasteiger partial charge in [0.25, 0.3) is 0 Å². The van der Waals surface area contributed by atoms with Crippen molar-refractivity contribution in [1.29, 1.82) is 0 Å². The van der Waals surface area contributed by atoms with Crippen LogP contribution in [-0.2, 0) is 6.42 Å². The van der Waals surface area contributed by atoms with E-state index in [-0.39, 0.29) is 0 Å². The normalized spacial score (nSPS) is 38.0. The molecule has 2 aliphatic rings. The summed E-state index contributed by atoms with van der Waals surface area (Å²) in [4.78, 5) is 0. The molecule has 1 nitrogen and oxygen atoms in total. The lowest BCUT2D eigenvalue weighted by Crippen LogP contribution is -2.23. The van der Waals surface area contributed by atoms with Gasteiger partial charge in [0.05, 0.1) is 0 Å². The van der Waals surface area contributed by atoms with Crippen LogP contribution in [0.15, 0.2) is 21.2 Å². The topological polar surface area (TPSA) is 13.1 Å². The molecule has 0 radical (unpaired) electrons. The molecule has 0 N–H and O–H groups in total. The number of hydrogen-bond acceptors (Lipinski definition) is 1. The van der Waals surface area contributed by atoms with Crippen LogP contribution in [0.4, 0.5) is 0 Å². The maximum atomic E-state index is 6.15. The Morgan fingerprint density at radius 3 is 2.67 bits per heavy atom. The highest BCUT2D eigenvalue weighted by atomic mass is 79.9. The molecule has 2 aliphatic carbocycles. The summed E-state index contributed by atoms with van der Waals surface area (Å²) in [6, 6.07) is 4.02. The number of fused-ring (bicyclic) bond motifs is 1.